The zero-order valence-electron chi connectivity index (χ0n) is 8.50. The van der Waals surface area contributed by atoms with Crippen LogP contribution in [0.15, 0.2) is 18.2 Å². The number of alkyl halides is 3. The van der Waals surface area contributed by atoms with Gasteiger partial charge in [-0.05, 0) is 12.1 Å². The lowest BCUT2D eigenvalue weighted by atomic mass is 10.0. The Hall–Kier alpha value is -0.560. The van der Waals surface area contributed by atoms with E-state index in [-0.39, 0.29) is 36.9 Å². The van der Waals surface area contributed by atoms with Gasteiger partial charge in [-0.15, -0.1) is 24.8 Å². The van der Waals surface area contributed by atoms with Crippen LogP contribution in [0.25, 0.3) is 0 Å². The van der Waals surface area contributed by atoms with E-state index in [1.54, 1.807) is 0 Å². The average molecular weight is 295 g/mol. The predicted molar refractivity (Wildman–Crippen MR) is 61.9 cm³/mol. The minimum absolute atomic E-state index is 0. The van der Waals surface area contributed by atoms with Crippen molar-refractivity contribution in [1.29, 1.82) is 0 Å². The second kappa shape index (κ2) is 7.00. The number of rotatable bonds is 2. The van der Waals surface area contributed by atoms with Gasteiger partial charge >= 0.3 is 6.18 Å². The molecule has 17 heavy (non-hydrogen) atoms. The lowest BCUT2D eigenvalue weighted by Crippen LogP contribution is -2.22. The Labute approximate surface area is 108 Å². The molecule has 0 aliphatic carbocycles. The summed E-state index contributed by atoms with van der Waals surface area (Å²) < 4.78 is 49.7. The fourth-order valence-corrected chi connectivity index (χ4v) is 1.13. The summed E-state index contributed by atoms with van der Waals surface area (Å²) in [6.07, 6.45) is -4.55. The summed E-state index contributed by atoms with van der Waals surface area (Å²) in [4.78, 5) is 0. The topological polar surface area (TPSA) is 52.0 Å². The molecule has 0 radical (unpaired) electrons. The fourth-order valence-electron chi connectivity index (χ4n) is 1.13. The first-order valence-corrected chi connectivity index (χ1v) is 4.18. The summed E-state index contributed by atoms with van der Waals surface area (Å²) >= 11 is 0. The van der Waals surface area contributed by atoms with Gasteiger partial charge in [0, 0.05) is 18.2 Å². The Morgan fingerprint density at radius 1 is 1.18 bits per heavy atom. The largest absolute Gasteiger partial charge is 0.416 e. The Morgan fingerprint density at radius 3 is 2.06 bits per heavy atom. The normalized spacial score (nSPS) is 12.4. The zero-order chi connectivity index (χ0) is 11.6. The van der Waals surface area contributed by atoms with Gasteiger partial charge in [0.15, 0.2) is 0 Å². The smallest absolute Gasteiger partial charge is 0.329 e. The van der Waals surface area contributed by atoms with Crippen molar-refractivity contribution in [1.82, 2.24) is 0 Å². The molecular formula is C9H12Cl2F4N2. The summed E-state index contributed by atoms with van der Waals surface area (Å²) in [6.45, 7) is -0.0255. The minimum Gasteiger partial charge on any atom is -0.329 e. The maximum atomic E-state index is 13.2. The molecule has 1 aromatic rings. The van der Waals surface area contributed by atoms with Crippen molar-refractivity contribution >= 4 is 24.8 Å². The molecule has 100 valence electrons. The fraction of sp³-hybridized carbons (Fsp3) is 0.333. The molecule has 0 aliphatic rings. The molecular weight excluding hydrogens is 283 g/mol. The van der Waals surface area contributed by atoms with E-state index in [1.807, 2.05) is 0 Å². The zero-order valence-corrected chi connectivity index (χ0v) is 10.1. The molecule has 0 saturated carbocycles. The van der Waals surface area contributed by atoms with E-state index >= 15 is 0 Å². The van der Waals surface area contributed by atoms with E-state index < -0.39 is 23.6 Å². The SMILES string of the molecule is Cl.Cl.NC[C@H](N)c1ccc(C(F)(F)F)cc1F. The molecule has 0 aromatic heterocycles. The Balaban J connectivity index is 0. The van der Waals surface area contributed by atoms with Gasteiger partial charge in [0.25, 0.3) is 0 Å². The van der Waals surface area contributed by atoms with Crippen molar-refractivity contribution in [3.8, 4) is 0 Å². The van der Waals surface area contributed by atoms with Crippen LogP contribution >= 0.6 is 24.8 Å². The van der Waals surface area contributed by atoms with Crippen molar-refractivity contribution < 1.29 is 17.6 Å². The number of halogens is 6. The standard InChI is InChI=1S/C9H10F4N2.2ClH/c10-7-3-5(9(11,12)13)1-2-6(7)8(15)4-14;;/h1-3,8H,4,14-15H2;2*1H/t8-;;/m0../s1. The van der Waals surface area contributed by atoms with Crippen LogP contribution in [0.3, 0.4) is 0 Å². The van der Waals surface area contributed by atoms with Crippen molar-refractivity contribution in [2.24, 2.45) is 11.5 Å². The van der Waals surface area contributed by atoms with Crippen LogP contribution in [0, 0.1) is 5.82 Å². The van der Waals surface area contributed by atoms with E-state index in [2.05, 4.69) is 0 Å². The molecule has 1 aromatic carbocycles. The molecule has 0 heterocycles. The molecule has 1 atom stereocenters. The summed E-state index contributed by atoms with van der Waals surface area (Å²) in [5.41, 5.74) is 9.55. The Morgan fingerprint density at radius 2 is 1.71 bits per heavy atom. The molecule has 0 bridgehead atoms. The van der Waals surface area contributed by atoms with E-state index in [9.17, 15) is 17.6 Å². The first kappa shape index (κ1) is 18.8. The number of benzene rings is 1. The average Bonchev–Trinajstić information content (AvgIpc) is 2.15. The van der Waals surface area contributed by atoms with E-state index in [1.165, 1.54) is 0 Å². The molecule has 0 aliphatic heterocycles. The van der Waals surface area contributed by atoms with Crippen LogP contribution in [-0.4, -0.2) is 6.54 Å². The Bertz CT molecular complexity index is 357. The molecule has 4 N–H and O–H groups in total. The third-order valence-electron chi connectivity index (χ3n) is 1.98. The molecule has 8 heteroatoms. The second-order valence-electron chi connectivity index (χ2n) is 3.08. The highest BCUT2D eigenvalue weighted by Gasteiger charge is 2.31. The summed E-state index contributed by atoms with van der Waals surface area (Å²) in [6, 6.07) is 1.43. The molecule has 1 rings (SSSR count). The van der Waals surface area contributed by atoms with Gasteiger partial charge in [0.2, 0.25) is 0 Å². The third kappa shape index (κ3) is 4.67. The van der Waals surface area contributed by atoms with Crippen molar-refractivity contribution in [2.75, 3.05) is 6.54 Å². The molecule has 0 saturated heterocycles. The summed E-state index contributed by atoms with van der Waals surface area (Å²) in [5.74, 6) is -0.984. The van der Waals surface area contributed by atoms with Crippen LogP contribution in [0.5, 0.6) is 0 Å². The lowest BCUT2D eigenvalue weighted by Gasteiger charge is -2.12. The van der Waals surface area contributed by atoms with E-state index in [4.69, 9.17) is 11.5 Å². The molecule has 0 unspecified atom stereocenters. The Kier molecular flexibility index (Phi) is 7.74. The molecule has 0 spiro atoms. The highest BCUT2D eigenvalue weighted by atomic mass is 35.5. The van der Waals surface area contributed by atoms with Gasteiger partial charge in [0.1, 0.15) is 5.82 Å². The third-order valence-corrected chi connectivity index (χ3v) is 1.98. The van der Waals surface area contributed by atoms with Crippen LogP contribution in [0.2, 0.25) is 0 Å². The lowest BCUT2D eigenvalue weighted by molar-refractivity contribution is -0.137. The highest BCUT2D eigenvalue weighted by Crippen LogP contribution is 2.30. The predicted octanol–water partition coefficient (Wildman–Crippen LogP) is 2.65. The van der Waals surface area contributed by atoms with Crippen molar-refractivity contribution in [3.63, 3.8) is 0 Å². The highest BCUT2D eigenvalue weighted by molar-refractivity contribution is 5.85. The summed E-state index contributed by atoms with van der Waals surface area (Å²) in [5, 5.41) is 0. The van der Waals surface area contributed by atoms with E-state index in [0.717, 1.165) is 12.1 Å². The van der Waals surface area contributed by atoms with Crippen LogP contribution in [0.4, 0.5) is 17.6 Å². The van der Waals surface area contributed by atoms with Crippen LogP contribution in [0.1, 0.15) is 17.2 Å². The van der Waals surface area contributed by atoms with Gasteiger partial charge < -0.3 is 11.5 Å². The monoisotopic (exact) mass is 294 g/mol. The number of hydrogen-bond donors (Lipinski definition) is 2. The quantitative estimate of drug-likeness (QED) is 0.824. The molecule has 0 amide bonds. The number of hydrogen-bond acceptors (Lipinski definition) is 2. The minimum atomic E-state index is -4.55. The van der Waals surface area contributed by atoms with Gasteiger partial charge in [-0.25, -0.2) is 4.39 Å². The maximum Gasteiger partial charge on any atom is 0.416 e. The van der Waals surface area contributed by atoms with E-state index in [0.29, 0.717) is 6.07 Å². The van der Waals surface area contributed by atoms with Crippen molar-refractivity contribution in [2.45, 2.75) is 12.2 Å². The van der Waals surface area contributed by atoms with Crippen LogP contribution < -0.4 is 11.5 Å². The van der Waals surface area contributed by atoms with Gasteiger partial charge in [-0.1, -0.05) is 6.07 Å². The van der Waals surface area contributed by atoms with Crippen LogP contribution in [-0.2, 0) is 6.18 Å². The van der Waals surface area contributed by atoms with Gasteiger partial charge in [-0.3, -0.25) is 0 Å². The first-order chi connectivity index (χ1) is 6.86. The first-order valence-electron chi connectivity index (χ1n) is 4.18. The second-order valence-corrected chi connectivity index (χ2v) is 3.08. The number of nitrogens with two attached hydrogens (primary N) is 2. The van der Waals surface area contributed by atoms with Crippen molar-refractivity contribution in [3.05, 3.63) is 35.1 Å². The summed E-state index contributed by atoms with van der Waals surface area (Å²) in [7, 11) is 0. The van der Waals surface area contributed by atoms with Gasteiger partial charge in [-0.2, -0.15) is 13.2 Å². The van der Waals surface area contributed by atoms with Gasteiger partial charge in [0.05, 0.1) is 5.56 Å². The molecule has 0 fully saturated rings. The molecule has 2 nitrogen and oxygen atoms in total. The maximum absolute atomic E-state index is 13.2.